The number of aliphatic hydroxyl groups excluding tert-OH is 1. The zero-order valence-corrected chi connectivity index (χ0v) is 11.7. The monoisotopic (exact) mass is 272 g/mol. The summed E-state index contributed by atoms with van der Waals surface area (Å²) in [7, 11) is 0. The van der Waals surface area contributed by atoms with Crippen LogP contribution in [-0.4, -0.2) is 34.2 Å². The fraction of sp³-hybridized carbons (Fsp3) is 0.438. The maximum atomic E-state index is 9.48. The summed E-state index contributed by atoms with van der Waals surface area (Å²) in [5.74, 6) is 1.20. The van der Waals surface area contributed by atoms with Gasteiger partial charge in [-0.25, -0.2) is 4.98 Å². The van der Waals surface area contributed by atoms with Crippen molar-refractivity contribution in [1.82, 2.24) is 9.88 Å². The van der Waals surface area contributed by atoms with Gasteiger partial charge in [0.2, 0.25) is 5.89 Å². The van der Waals surface area contributed by atoms with Crippen LogP contribution in [0.25, 0.3) is 11.5 Å². The summed E-state index contributed by atoms with van der Waals surface area (Å²) in [6.07, 6.45) is 2.86. The molecular formula is C16H20N2O2. The Morgan fingerprint density at radius 3 is 2.90 bits per heavy atom. The van der Waals surface area contributed by atoms with Gasteiger partial charge in [-0.05, 0) is 31.0 Å². The molecule has 1 aliphatic heterocycles. The van der Waals surface area contributed by atoms with E-state index in [1.807, 2.05) is 30.3 Å². The van der Waals surface area contributed by atoms with E-state index in [9.17, 15) is 5.11 Å². The third-order valence-corrected chi connectivity index (χ3v) is 4.12. The van der Waals surface area contributed by atoms with Crippen molar-refractivity contribution in [2.45, 2.75) is 25.9 Å². The van der Waals surface area contributed by atoms with Gasteiger partial charge >= 0.3 is 0 Å². The molecule has 0 radical (unpaired) electrons. The summed E-state index contributed by atoms with van der Waals surface area (Å²) < 4.78 is 5.56. The summed E-state index contributed by atoms with van der Waals surface area (Å²) in [5, 5.41) is 9.48. The predicted octanol–water partition coefficient (Wildman–Crippen LogP) is 2.54. The van der Waals surface area contributed by atoms with Gasteiger partial charge in [0.05, 0.1) is 12.3 Å². The molecule has 4 heteroatoms. The Morgan fingerprint density at radius 2 is 2.15 bits per heavy atom. The van der Waals surface area contributed by atoms with Gasteiger partial charge in [0.1, 0.15) is 6.26 Å². The lowest BCUT2D eigenvalue weighted by Crippen LogP contribution is -2.34. The van der Waals surface area contributed by atoms with Crippen LogP contribution in [0.15, 0.2) is 41.0 Å². The molecule has 0 spiro atoms. The van der Waals surface area contributed by atoms with Crippen LogP contribution in [0.4, 0.5) is 0 Å². The summed E-state index contributed by atoms with van der Waals surface area (Å²) >= 11 is 0. The SMILES string of the molecule is CC1CCN(Cc2coc(-c3ccccc3)n2)C1CO. The first kappa shape index (κ1) is 13.3. The fourth-order valence-corrected chi connectivity index (χ4v) is 2.88. The van der Waals surface area contributed by atoms with Crippen LogP contribution >= 0.6 is 0 Å². The average Bonchev–Trinajstić information content (AvgIpc) is 3.08. The lowest BCUT2D eigenvalue weighted by molar-refractivity contribution is 0.133. The Morgan fingerprint density at radius 1 is 1.35 bits per heavy atom. The van der Waals surface area contributed by atoms with Crippen LogP contribution < -0.4 is 0 Å². The number of hydrogen-bond acceptors (Lipinski definition) is 4. The van der Waals surface area contributed by atoms with Gasteiger partial charge < -0.3 is 9.52 Å². The molecule has 0 amide bonds. The van der Waals surface area contributed by atoms with E-state index in [0.717, 1.165) is 30.8 Å². The smallest absolute Gasteiger partial charge is 0.226 e. The highest BCUT2D eigenvalue weighted by atomic mass is 16.3. The zero-order chi connectivity index (χ0) is 13.9. The second-order valence-electron chi connectivity index (χ2n) is 5.50. The number of likely N-dealkylation sites (tertiary alicyclic amines) is 1. The van der Waals surface area contributed by atoms with E-state index in [4.69, 9.17) is 4.42 Å². The Labute approximate surface area is 119 Å². The molecule has 0 bridgehead atoms. The lowest BCUT2D eigenvalue weighted by Gasteiger charge is -2.23. The molecule has 0 saturated carbocycles. The predicted molar refractivity (Wildman–Crippen MR) is 77.0 cm³/mol. The Balaban J connectivity index is 1.72. The van der Waals surface area contributed by atoms with Crippen LogP contribution in [-0.2, 0) is 6.54 Å². The summed E-state index contributed by atoms with van der Waals surface area (Å²) in [6, 6.07) is 10.2. The number of oxazole rings is 1. The highest BCUT2D eigenvalue weighted by Crippen LogP contribution is 2.26. The molecular weight excluding hydrogens is 252 g/mol. The highest BCUT2D eigenvalue weighted by Gasteiger charge is 2.30. The molecule has 2 aromatic rings. The molecule has 1 aliphatic rings. The molecule has 2 atom stereocenters. The van der Waals surface area contributed by atoms with Gasteiger partial charge in [-0.3, -0.25) is 4.90 Å². The number of aromatic nitrogens is 1. The molecule has 1 aromatic heterocycles. The largest absolute Gasteiger partial charge is 0.444 e. The number of benzene rings is 1. The Hall–Kier alpha value is -1.65. The van der Waals surface area contributed by atoms with Crippen molar-refractivity contribution in [3.8, 4) is 11.5 Å². The summed E-state index contributed by atoms with van der Waals surface area (Å²) in [6.45, 7) is 4.16. The van der Waals surface area contributed by atoms with Crippen LogP contribution in [0.3, 0.4) is 0 Å². The van der Waals surface area contributed by atoms with Crippen molar-refractivity contribution in [2.75, 3.05) is 13.2 Å². The second-order valence-corrected chi connectivity index (χ2v) is 5.50. The first-order valence-electron chi connectivity index (χ1n) is 7.12. The van der Waals surface area contributed by atoms with E-state index in [1.54, 1.807) is 6.26 Å². The van der Waals surface area contributed by atoms with E-state index in [1.165, 1.54) is 0 Å². The highest BCUT2D eigenvalue weighted by molar-refractivity contribution is 5.52. The van der Waals surface area contributed by atoms with Crippen LogP contribution in [0, 0.1) is 5.92 Å². The lowest BCUT2D eigenvalue weighted by atomic mass is 10.0. The van der Waals surface area contributed by atoms with Gasteiger partial charge in [-0.2, -0.15) is 0 Å². The minimum Gasteiger partial charge on any atom is -0.444 e. The van der Waals surface area contributed by atoms with Crippen LogP contribution in [0.5, 0.6) is 0 Å². The number of hydrogen-bond donors (Lipinski definition) is 1. The minimum absolute atomic E-state index is 0.213. The van der Waals surface area contributed by atoms with E-state index >= 15 is 0 Å². The maximum Gasteiger partial charge on any atom is 0.226 e. The Kier molecular flexibility index (Phi) is 3.85. The third-order valence-electron chi connectivity index (χ3n) is 4.12. The zero-order valence-electron chi connectivity index (χ0n) is 11.7. The Bertz CT molecular complexity index is 553. The minimum atomic E-state index is 0.213. The molecule has 4 nitrogen and oxygen atoms in total. The van der Waals surface area contributed by atoms with Gasteiger partial charge in [0.15, 0.2) is 0 Å². The van der Waals surface area contributed by atoms with Crippen LogP contribution in [0.2, 0.25) is 0 Å². The van der Waals surface area contributed by atoms with Crippen molar-refractivity contribution in [2.24, 2.45) is 5.92 Å². The molecule has 0 aliphatic carbocycles. The maximum absolute atomic E-state index is 9.48. The standard InChI is InChI=1S/C16H20N2O2/c1-12-7-8-18(15(12)10-19)9-14-11-20-16(17-14)13-5-3-2-4-6-13/h2-6,11-12,15,19H,7-10H2,1H3. The van der Waals surface area contributed by atoms with Crippen molar-refractivity contribution >= 4 is 0 Å². The molecule has 106 valence electrons. The first-order valence-corrected chi connectivity index (χ1v) is 7.12. The van der Waals surface area contributed by atoms with Crippen molar-refractivity contribution in [1.29, 1.82) is 0 Å². The topological polar surface area (TPSA) is 49.5 Å². The first-order chi connectivity index (χ1) is 9.78. The normalized spacial score (nSPS) is 23.3. The summed E-state index contributed by atoms with van der Waals surface area (Å²) in [4.78, 5) is 6.84. The van der Waals surface area contributed by atoms with E-state index in [-0.39, 0.29) is 12.6 Å². The van der Waals surface area contributed by atoms with Gasteiger partial charge in [0.25, 0.3) is 0 Å². The van der Waals surface area contributed by atoms with Crippen molar-refractivity contribution in [3.63, 3.8) is 0 Å². The quantitative estimate of drug-likeness (QED) is 0.929. The van der Waals surface area contributed by atoms with E-state index in [0.29, 0.717) is 11.8 Å². The molecule has 2 heterocycles. The van der Waals surface area contributed by atoms with Gasteiger partial charge in [0, 0.05) is 18.2 Å². The molecule has 20 heavy (non-hydrogen) atoms. The molecule has 1 saturated heterocycles. The number of aliphatic hydroxyl groups is 1. The van der Waals surface area contributed by atoms with E-state index in [2.05, 4.69) is 16.8 Å². The molecule has 1 aromatic carbocycles. The van der Waals surface area contributed by atoms with Crippen molar-refractivity contribution < 1.29 is 9.52 Å². The second kappa shape index (κ2) is 5.77. The van der Waals surface area contributed by atoms with Crippen LogP contribution in [0.1, 0.15) is 19.0 Å². The molecule has 1 N–H and O–H groups in total. The number of rotatable bonds is 4. The molecule has 1 fully saturated rings. The van der Waals surface area contributed by atoms with Crippen molar-refractivity contribution in [3.05, 3.63) is 42.3 Å². The third kappa shape index (κ3) is 2.62. The fourth-order valence-electron chi connectivity index (χ4n) is 2.88. The van der Waals surface area contributed by atoms with Gasteiger partial charge in [-0.1, -0.05) is 25.1 Å². The number of nitrogens with zero attached hydrogens (tertiary/aromatic N) is 2. The molecule has 2 unspecified atom stereocenters. The van der Waals surface area contributed by atoms with Gasteiger partial charge in [-0.15, -0.1) is 0 Å². The molecule has 3 rings (SSSR count). The van der Waals surface area contributed by atoms with E-state index < -0.39 is 0 Å². The summed E-state index contributed by atoms with van der Waals surface area (Å²) in [5.41, 5.74) is 1.92. The average molecular weight is 272 g/mol.